The summed E-state index contributed by atoms with van der Waals surface area (Å²) in [4.78, 5) is 54.4. The van der Waals surface area contributed by atoms with Crippen LogP contribution in [0.15, 0.2) is 59.6 Å². The molecule has 3 aliphatic carbocycles. The number of nitrogen functional groups attached to an aromatic ring is 1. The second-order valence-corrected chi connectivity index (χ2v) is 10.8. The van der Waals surface area contributed by atoms with E-state index in [0.29, 0.717) is 5.56 Å². The number of hydrazine groups is 1. The number of phenolic OH excluding ortho intramolecular Hbond substituents is 1. The van der Waals surface area contributed by atoms with Gasteiger partial charge in [0.2, 0.25) is 5.78 Å². The lowest BCUT2D eigenvalue weighted by molar-refractivity contribution is -0.181. The van der Waals surface area contributed by atoms with Gasteiger partial charge in [0.15, 0.2) is 11.4 Å². The number of fused-ring (bicyclic) bond motifs is 3. The monoisotopic (exact) mass is 597 g/mol. The predicted octanol–water partition coefficient (Wildman–Crippen LogP) is -1.72. The SMILES string of the molecule is CN(C)[C@@H]1C(=O)C(C(N)=O)=C(O)[C@@]2(O)C(=O)C3=C(O)c4c(O)cccc4[C@@](C)(O)C3[C@H](O)[C@@H]12.NNC(=O)c1ccncc1. The minimum Gasteiger partial charge on any atom is -0.508 e. The number of amides is 2. The van der Waals surface area contributed by atoms with Crippen molar-refractivity contribution < 1.29 is 49.8 Å². The summed E-state index contributed by atoms with van der Waals surface area (Å²) in [5, 5.41) is 66.3. The van der Waals surface area contributed by atoms with Gasteiger partial charge in [0.25, 0.3) is 11.8 Å². The highest BCUT2D eigenvalue weighted by atomic mass is 16.4. The van der Waals surface area contributed by atoms with Gasteiger partial charge in [-0.2, -0.15) is 0 Å². The second kappa shape index (κ2) is 10.9. The van der Waals surface area contributed by atoms with Crippen LogP contribution < -0.4 is 17.0 Å². The lowest BCUT2D eigenvalue weighted by atomic mass is 9.53. The average Bonchev–Trinajstić information content (AvgIpc) is 2.95. The molecule has 6 atom stereocenters. The predicted molar refractivity (Wildman–Crippen MR) is 147 cm³/mol. The number of nitrogens with two attached hydrogens (primary N) is 2. The van der Waals surface area contributed by atoms with Crippen molar-refractivity contribution in [2.24, 2.45) is 23.4 Å². The molecule has 0 bridgehead atoms. The number of primary amides is 1. The number of carbonyl (C=O) groups excluding carboxylic acids is 4. The molecular weight excluding hydrogens is 566 g/mol. The topological polar surface area (TPSA) is 270 Å². The normalized spacial score (nSPS) is 29.7. The Labute approximate surface area is 244 Å². The van der Waals surface area contributed by atoms with Gasteiger partial charge < -0.3 is 36.4 Å². The van der Waals surface area contributed by atoms with Gasteiger partial charge in [0, 0.05) is 18.0 Å². The fraction of sp³-hybridized carbons (Fsp3) is 0.321. The van der Waals surface area contributed by atoms with Crippen LogP contribution in [0, 0.1) is 11.8 Å². The zero-order valence-electron chi connectivity index (χ0n) is 23.2. The third kappa shape index (κ3) is 4.54. The summed E-state index contributed by atoms with van der Waals surface area (Å²) in [5.41, 5.74) is 0.751. The van der Waals surface area contributed by atoms with E-state index < -0.39 is 81.1 Å². The summed E-state index contributed by atoms with van der Waals surface area (Å²) in [5.74, 6) is -5.09. The molecule has 3 aliphatic rings. The van der Waals surface area contributed by atoms with Crippen molar-refractivity contribution in [1.29, 1.82) is 0 Å². The van der Waals surface area contributed by atoms with E-state index in [-0.39, 0.29) is 17.0 Å². The van der Waals surface area contributed by atoms with Gasteiger partial charge in [-0.3, -0.25) is 34.5 Å². The number of Topliss-reactive ketones (excluding diaryl/α,β-unsaturated/α-hetero) is 2. The molecule has 0 aliphatic heterocycles. The summed E-state index contributed by atoms with van der Waals surface area (Å²) in [6.45, 7) is 1.25. The van der Waals surface area contributed by atoms with Crippen LogP contribution in [0.2, 0.25) is 0 Å². The fourth-order valence-corrected chi connectivity index (χ4v) is 6.18. The molecule has 1 fully saturated rings. The van der Waals surface area contributed by atoms with Crippen molar-refractivity contribution >= 4 is 29.1 Å². The minimum absolute atomic E-state index is 0.00664. The summed E-state index contributed by atoms with van der Waals surface area (Å²) < 4.78 is 0. The number of benzene rings is 1. The summed E-state index contributed by atoms with van der Waals surface area (Å²) in [6, 6.07) is 5.67. The molecule has 1 unspecified atom stereocenters. The van der Waals surface area contributed by atoms with Crippen LogP contribution in [0.4, 0.5) is 0 Å². The number of carbonyl (C=O) groups is 4. The number of aliphatic hydroxyl groups is 5. The number of nitrogens with zero attached hydrogens (tertiary/aromatic N) is 2. The number of hydrogen-bond acceptors (Lipinski definition) is 13. The summed E-state index contributed by atoms with van der Waals surface area (Å²) in [7, 11) is 2.80. The Morgan fingerprint density at radius 3 is 2.19 bits per heavy atom. The maximum atomic E-state index is 13.7. The van der Waals surface area contributed by atoms with E-state index in [9.17, 15) is 49.8 Å². The molecule has 0 radical (unpaired) electrons. The molecule has 0 saturated heterocycles. The van der Waals surface area contributed by atoms with Gasteiger partial charge in [-0.15, -0.1) is 0 Å². The van der Waals surface area contributed by atoms with Gasteiger partial charge in [0.1, 0.15) is 22.8 Å². The van der Waals surface area contributed by atoms with Crippen molar-refractivity contribution in [3.63, 3.8) is 0 Å². The molecular formula is C28H31N5O10. The number of aromatic hydroxyl groups is 1. The first-order chi connectivity index (χ1) is 20.0. The molecule has 15 heteroatoms. The maximum absolute atomic E-state index is 13.7. The molecule has 1 saturated carbocycles. The van der Waals surface area contributed by atoms with Crippen LogP contribution in [-0.2, 0) is 20.0 Å². The van der Waals surface area contributed by atoms with Crippen LogP contribution in [-0.4, -0.2) is 95.7 Å². The molecule has 1 aromatic heterocycles. The molecule has 43 heavy (non-hydrogen) atoms. The van der Waals surface area contributed by atoms with Gasteiger partial charge in [-0.25, -0.2) is 5.84 Å². The second-order valence-electron chi connectivity index (χ2n) is 10.8. The molecule has 2 amide bonds. The molecule has 2 aromatic rings. The number of phenols is 1. The highest BCUT2D eigenvalue weighted by molar-refractivity contribution is 6.24. The van der Waals surface area contributed by atoms with Gasteiger partial charge in [-0.1, -0.05) is 12.1 Å². The lowest BCUT2D eigenvalue weighted by Gasteiger charge is -2.55. The van der Waals surface area contributed by atoms with E-state index >= 15 is 0 Å². The molecule has 5 rings (SSSR count). The van der Waals surface area contributed by atoms with Crippen LogP contribution in [0.1, 0.15) is 28.4 Å². The number of aliphatic hydroxyl groups excluding tert-OH is 3. The molecule has 1 heterocycles. The van der Waals surface area contributed by atoms with Crippen LogP contribution >= 0.6 is 0 Å². The van der Waals surface area contributed by atoms with Gasteiger partial charge >= 0.3 is 0 Å². The van der Waals surface area contributed by atoms with E-state index in [1.165, 1.54) is 56.5 Å². The molecule has 15 nitrogen and oxygen atoms in total. The Bertz CT molecular complexity index is 1590. The standard InChI is InChI=1S/C22H24N2O9.C6H7N3O/c1-21(32)7-5-4-6-8(25)9(7)15(26)10-12(21)17(28)13-14(24(2)3)16(27)11(20(23)31)19(30)22(13,33)18(10)29;7-9-6(10)5-1-3-8-4-2-5/h4-6,12-14,17,25-26,28,30,32-33H,1-3H3,(H2,23,31);1-4H,7H2,(H,9,10)/t12?,13-,14+,17+,21-,22+;/m1./s1. The number of ketones is 2. The van der Waals surface area contributed by atoms with Crippen LogP contribution in [0.3, 0.4) is 0 Å². The average molecular weight is 598 g/mol. The van der Waals surface area contributed by atoms with Crippen molar-refractivity contribution in [2.45, 2.75) is 30.3 Å². The zero-order chi connectivity index (χ0) is 32.2. The molecule has 11 N–H and O–H groups in total. The van der Waals surface area contributed by atoms with Crippen LogP contribution in [0.25, 0.3) is 5.76 Å². The minimum atomic E-state index is -3.02. The Morgan fingerprint density at radius 2 is 1.65 bits per heavy atom. The Morgan fingerprint density at radius 1 is 1.05 bits per heavy atom. The van der Waals surface area contributed by atoms with Crippen molar-refractivity contribution in [3.8, 4) is 5.75 Å². The Hall–Kier alpha value is -4.67. The Balaban J connectivity index is 0.000000359. The lowest BCUT2D eigenvalue weighted by Crippen LogP contribution is -2.71. The largest absolute Gasteiger partial charge is 0.508 e. The number of rotatable bonds is 3. The molecule has 1 aromatic carbocycles. The number of nitrogens with one attached hydrogen (secondary N) is 1. The van der Waals surface area contributed by atoms with E-state index in [2.05, 4.69) is 4.98 Å². The first kappa shape index (κ1) is 31.3. The van der Waals surface area contributed by atoms with Gasteiger partial charge in [-0.05, 0) is 44.8 Å². The van der Waals surface area contributed by atoms with E-state index in [4.69, 9.17) is 11.6 Å². The number of aromatic nitrogens is 1. The first-order valence-electron chi connectivity index (χ1n) is 12.8. The molecule has 228 valence electrons. The summed E-state index contributed by atoms with van der Waals surface area (Å²) >= 11 is 0. The molecule has 0 spiro atoms. The van der Waals surface area contributed by atoms with Crippen LogP contribution in [0.5, 0.6) is 5.75 Å². The maximum Gasteiger partial charge on any atom is 0.265 e. The third-order valence-electron chi connectivity index (χ3n) is 8.11. The van der Waals surface area contributed by atoms with E-state index in [1.807, 2.05) is 5.43 Å². The van der Waals surface area contributed by atoms with Crippen molar-refractivity contribution in [1.82, 2.24) is 15.3 Å². The number of likely N-dealkylation sites (N-methyl/N-ethyl adjacent to an activating group) is 1. The van der Waals surface area contributed by atoms with Crippen molar-refractivity contribution in [2.75, 3.05) is 14.1 Å². The highest BCUT2D eigenvalue weighted by Crippen LogP contribution is 2.57. The first-order valence-corrected chi connectivity index (χ1v) is 12.8. The zero-order valence-corrected chi connectivity index (χ0v) is 23.2. The fourth-order valence-electron chi connectivity index (χ4n) is 6.18. The number of pyridine rings is 1. The van der Waals surface area contributed by atoms with E-state index in [1.54, 1.807) is 12.1 Å². The third-order valence-corrected chi connectivity index (χ3v) is 8.11. The smallest absolute Gasteiger partial charge is 0.265 e. The summed E-state index contributed by atoms with van der Waals surface area (Å²) in [6.07, 6.45) is 1.19. The van der Waals surface area contributed by atoms with Crippen molar-refractivity contribution in [3.05, 3.63) is 76.3 Å². The Kier molecular flexibility index (Phi) is 7.90. The number of hydrogen-bond donors (Lipinski definition) is 9. The quantitative estimate of drug-likeness (QED) is 0.0826. The van der Waals surface area contributed by atoms with Gasteiger partial charge in [0.05, 0.1) is 40.7 Å². The highest BCUT2D eigenvalue weighted by Gasteiger charge is 2.70. The van der Waals surface area contributed by atoms with E-state index in [0.717, 1.165) is 0 Å².